The molecule has 0 aromatic heterocycles. The van der Waals surface area contributed by atoms with Gasteiger partial charge in [0.1, 0.15) is 0 Å². The molecule has 0 spiro atoms. The smallest absolute Gasteiger partial charge is 0.0801 e. The fourth-order valence-corrected chi connectivity index (χ4v) is 3.00. The van der Waals surface area contributed by atoms with Crippen molar-refractivity contribution >= 4 is 47.8 Å². The van der Waals surface area contributed by atoms with Crippen molar-refractivity contribution in [2.45, 2.75) is 38.2 Å². The standard InChI is InChI=1S/C13H17Br3O/c14-8-4-2-1-3-5-13(17)11-9-10(15)6-7-12(11)16/h6-7,9,13,17H,1-5,8H2. The topological polar surface area (TPSA) is 20.2 Å². The van der Waals surface area contributed by atoms with E-state index in [0.29, 0.717) is 0 Å². The first-order chi connectivity index (χ1) is 8.15. The molecule has 4 heteroatoms. The molecule has 1 aromatic carbocycles. The Morgan fingerprint density at radius 2 is 1.76 bits per heavy atom. The molecule has 1 aromatic rings. The molecule has 1 unspecified atom stereocenters. The van der Waals surface area contributed by atoms with E-state index in [2.05, 4.69) is 47.8 Å². The Morgan fingerprint density at radius 3 is 2.47 bits per heavy atom. The van der Waals surface area contributed by atoms with Crippen LogP contribution < -0.4 is 0 Å². The third-order valence-electron chi connectivity index (χ3n) is 2.68. The number of alkyl halides is 1. The minimum absolute atomic E-state index is 0.370. The van der Waals surface area contributed by atoms with Crippen molar-refractivity contribution in [1.29, 1.82) is 0 Å². The van der Waals surface area contributed by atoms with Crippen LogP contribution in [0.25, 0.3) is 0 Å². The van der Waals surface area contributed by atoms with Crippen molar-refractivity contribution in [2.24, 2.45) is 0 Å². The van der Waals surface area contributed by atoms with Gasteiger partial charge in [0.15, 0.2) is 0 Å². The minimum Gasteiger partial charge on any atom is -0.388 e. The van der Waals surface area contributed by atoms with Gasteiger partial charge in [-0.3, -0.25) is 0 Å². The van der Waals surface area contributed by atoms with Crippen LogP contribution in [0.5, 0.6) is 0 Å². The molecule has 1 nitrogen and oxygen atoms in total. The van der Waals surface area contributed by atoms with Crippen LogP contribution in [-0.4, -0.2) is 10.4 Å². The number of rotatable bonds is 7. The fraction of sp³-hybridized carbons (Fsp3) is 0.538. The van der Waals surface area contributed by atoms with Gasteiger partial charge in [0.2, 0.25) is 0 Å². The molecule has 1 N–H and O–H groups in total. The number of halogens is 3. The monoisotopic (exact) mass is 426 g/mol. The quantitative estimate of drug-likeness (QED) is 0.443. The molecular weight excluding hydrogens is 412 g/mol. The van der Waals surface area contributed by atoms with Gasteiger partial charge in [-0.1, -0.05) is 67.1 Å². The summed E-state index contributed by atoms with van der Waals surface area (Å²) in [6, 6.07) is 5.91. The van der Waals surface area contributed by atoms with E-state index in [1.165, 1.54) is 19.3 Å². The third kappa shape index (κ3) is 5.86. The molecule has 1 rings (SSSR count). The lowest BCUT2D eigenvalue weighted by molar-refractivity contribution is 0.162. The molecule has 0 aliphatic rings. The molecule has 1 atom stereocenters. The maximum absolute atomic E-state index is 10.1. The van der Waals surface area contributed by atoms with E-state index >= 15 is 0 Å². The summed E-state index contributed by atoms with van der Waals surface area (Å²) in [6.07, 6.45) is 5.18. The van der Waals surface area contributed by atoms with Crippen LogP contribution >= 0.6 is 47.8 Å². The maximum atomic E-state index is 10.1. The number of hydrogen-bond acceptors (Lipinski definition) is 1. The van der Waals surface area contributed by atoms with Crippen LogP contribution in [0.15, 0.2) is 27.1 Å². The number of aliphatic hydroxyl groups is 1. The van der Waals surface area contributed by atoms with Gasteiger partial charge < -0.3 is 5.11 Å². The molecule has 0 saturated carbocycles. The van der Waals surface area contributed by atoms with Gasteiger partial charge in [0.25, 0.3) is 0 Å². The maximum Gasteiger partial charge on any atom is 0.0801 e. The van der Waals surface area contributed by atoms with Gasteiger partial charge in [0.05, 0.1) is 6.10 Å². The summed E-state index contributed by atoms with van der Waals surface area (Å²) in [6.45, 7) is 0. The first kappa shape index (κ1) is 15.7. The van der Waals surface area contributed by atoms with E-state index in [1.807, 2.05) is 18.2 Å². The van der Waals surface area contributed by atoms with Crippen molar-refractivity contribution in [3.8, 4) is 0 Å². The Bertz CT molecular complexity index is 341. The normalized spacial score (nSPS) is 12.7. The molecule has 17 heavy (non-hydrogen) atoms. The zero-order chi connectivity index (χ0) is 12.7. The van der Waals surface area contributed by atoms with Gasteiger partial charge in [0, 0.05) is 14.3 Å². The zero-order valence-electron chi connectivity index (χ0n) is 9.63. The second kappa shape index (κ2) is 8.68. The Kier molecular flexibility index (Phi) is 8.00. The first-order valence-corrected chi connectivity index (χ1v) is 8.55. The van der Waals surface area contributed by atoms with Crippen LogP contribution in [0.2, 0.25) is 0 Å². The number of aliphatic hydroxyl groups excluding tert-OH is 1. The molecule has 0 fully saturated rings. The van der Waals surface area contributed by atoms with Crippen molar-refractivity contribution < 1.29 is 5.11 Å². The predicted molar refractivity (Wildman–Crippen MR) is 83.7 cm³/mol. The molecule has 0 aliphatic heterocycles. The summed E-state index contributed by atoms with van der Waals surface area (Å²) in [5, 5.41) is 11.2. The highest BCUT2D eigenvalue weighted by Gasteiger charge is 2.11. The molecule has 0 saturated heterocycles. The van der Waals surface area contributed by atoms with E-state index in [-0.39, 0.29) is 6.10 Å². The summed E-state index contributed by atoms with van der Waals surface area (Å²) in [7, 11) is 0. The number of unbranched alkanes of at least 4 members (excludes halogenated alkanes) is 3. The highest BCUT2D eigenvalue weighted by Crippen LogP contribution is 2.29. The molecule has 0 bridgehead atoms. The van der Waals surface area contributed by atoms with Crippen molar-refractivity contribution in [2.75, 3.05) is 5.33 Å². The molecule has 0 radical (unpaired) electrons. The van der Waals surface area contributed by atoms with Crippen LogP contribution in [-0.2, 0) is 0 Å². The highest BCUT2D eigenvalue weighted by molar-refractivity contribution is 9.11. The predicted octanol–water partition coefficient (Wildman–Crippen LogP) is 5.59. The van der Waals surface area contributed by atoms with E-state index in [1.54, 1.807) is 0 Å². The molecule has 0 amide bonds. The Hall–Kier alpha value is 0.620. The first-order valence-electron chi connectivity index (χ1n) is 5.84. The van der Waals surface area contributed by atoms with E-state index in [0.717, 1.165) is 32.7 Å². The zero-order valence-corrected chi connectivity index (χ0v) is 14.4. The molecular formula is C13H17Br3O. The van der Waals surface area contributed by atoms with E-state index in [4.69, 9.17) is 0 Å². The third-order valence-corrected chi connectivity index (χ3v) is 4.45. The van der Waals surface area contributed by atoms with Crippen molar-refractivity contribution in [3.05, 3.63) is 32.7 Å². The van der Waals surface area contributed by atoms with Gasteiger partial charge >= 0.3 is 0 Å². The lowest BCUT2D eigenvalue weighted by atomic mass is 10.0. The van der Waals surface area contributed by atoms with Gasteiger partial charge in [-0.2, -0.15) is 0 Å². The summed E-state index contributed by atoms with van der Waals surface area (Å²) in [4.78, 5) is 0. The number of benzene rings is 1. The van der Waals surface area contributed by atoms with Crippen molar-refractivity contribution in [3.63, 3.8) is 0 Å². The summed E-state index contributed by atoms with van der Waals surface area (Å²) in [5.74, 6) is 0. The fourth-order valence-electron chi connectivity index (χ4n) is 1.71. The van der Waals surface area contributed by atoms with Crippen LogP contribution in [0.3, 0.4) is 0 Å². The number of hydrogen-bond donors (Lipinski definition) is 1. The van der Waals surface area contributed by atoms with E-state index in [9.17, 15) is 5.11 Å². The molecule has 0 heterocycles. The summed E-state index contributed by atoms with van der Waals surface area (Å²) in [5.41, 5.74) is 0.972. The second-order valence-electron chi connectivity index (χ2n) is 4.07. The van der Waals surface area contributed by atoms with E-state index < -0.39 is 0 Å². The van der Waals surface area contributed by atoms with Crippen LogP contribution in [0.4, 0.5) is 0 Å². The molecule has 0 aliphatic carbocycles. The Balaban J connectivity index is 2.41. The lowest BCUT2D eigenvalue weighted by Gasteiger charge is -2.13. The van der Waals surface area contributed by atoms with Crippen LogP contribution in [0.1, 0.15) is 43.8 Å². The highest BCUT2D eigenvalue weighted by atomic mass is 79.9. The average molecular weight is 429 g/mol. The van der Waals surface area contributed by atoms with Gasteiger partial charge in [-0.25, -0.2) is 0 Å². The molecule has 96 valence electrons. The summed E-state index contributed by atoms with van der Waals surface area (Å²) < 4.78 is 1.99. The average Bonchev–Trinajstić information content (AvgIpc) is 2.32. The SMILES string of the molecule is OC(CCCCCCBr)c1cc(Br)ccc1Br. The van der Waals surface area contributed by atoms with Crippen LogP contribution in [0, 0.1) is 0 Å². The van der Waals surface area contributed by atoms with Gasteiger partial charge in [-0.05, 0) is 36.6 Å². The minimum atomic E-state index is -0.370. The Morgan fingerprint density at radius 1 is 1.06 bits per heavy atom. The van der Waals surface area contributed by atoms with Gasteiger partial charge in [-0.15, -0.1) is 0 Å². The Labute approximate surface area is 128 Å². The largest absolute Gasteiger partial charge is 0.388 e. The lowest BCUT2D eigenvalue weighted by Crippen LogP contribution is -1.98. The summed E-state index contributed by atoms with van der Waals surface area (Å²) >= 11 is 10.3. The van der Waals surface area contributed by atoms with Crippen molar-refractivity contribution in [1.82, 2.24) is 0 Å². The second-order valence-corrected chi connectivity index (χ2v) is 6.64.